The predicted molar refractivity (Wildman–Crippen MR) is 69.5 cm³/mol. The summed E-state index contributed by atoms with van der Waals surface area (Å²) in [6.07, 6.45) is 3.60. The molecule has 18 heavy (non-hydrogen) atoms. The summed E-state index contributed by atoms with van der Waals surface area (Å²) in [6.45, 7) is 4.33. The van der Waals surface area contributed by atoms with E-state index in [1.54, 1.807) is 0 Å². The molecule has 0 unspecified atom stereocenters. The van der Waals surface area contributed by atoms with Gasteiger partial charge >= 0.3 is 5.97 Å². The topological polar surface area (TPSA) is 79.3 Å². The summed E-state index contributed by atoms with van der Waals surface area (Å²) in [5.41, 5.74) is 0.139. The van der Waals surface area contributed by atoms with Gasteiger partial charge in [-0.05, 0) is 18.3 Å². The minimum absolute atomic E-state index is 0.145. The summed E-state index contributed by atoms with van der Waals surface area (Å²) in [4.78, 5) is 26.5. The van der Waals surface area contributed by atoms with Gasteiger partial charge in [0.2, 0.25) is 0 Å². The standard InChI is InChI=1S/C12H16N2O3S/c1-7(15)9-8(10(16)17)14-11(18-9)13-6-12(2)4-3-5-12/h3-6H2,1-2H3,(H,13,14)(H,16,17). The van der Waals surface area contributed by atoms with E-state index in [1.807, 2.05) is 0 Å². The molecule has 1 fully saturated rings. The minimum atomic E-state index is -1.15. The third kappa shape index (κ3) is 2.53. The van der Waals surface area contributed by atoms with Crippen molar-refractivity contribution in [1.29, 1.82) is 0 Å². The lowest BCUT2D eigenvalue weighted by atomic mass is 9.70. The normalized spacial score (nSPS) is 17.0. The molecule has 98 valence electrons. The Morgan fingerprint density at radius 2 is 2.17 bits per heavy atom. The van der Waals surface area contributed by atoms with E-state index in [-0.39, 0.29) is 21.8 Å². The summed E-state index contributed by atoms with van der Waals surface area (Å²) in [6, 6.07) is 0. The number of hydrogen-bond acceptors (Lipinski definition) is 5. The summed E-state index contributed by atoms with van der Waals surface area (Å²) in [5, 5.41) is 12.6. The molecular formula is C12H16N2O3S. The van der Waals surface area contributed by atoms with Gasteiger partial charge in [-0.25, -0.2) is 9.78 Å². The highest BCUT2D eigenvalue weighted by Crippen LogP contribution is 2.40. The van der Waals surface area contributed by atoms with E-state index < -0.39 is 5.97 Å². The molecule has 0 saturated heterocycles. The number of hydrogen-bond donors (Lipinski definition) is 2. The third-order valence-electron chi connectivity index (χ3n) is 3.38. The van der Waals surface area contributed by atoms with Gasteiger partial charge in [-0.3, -0.25) is 4.79 Å². The van der Waals surface area contributed by atoms with Gasteiger partial charge in [0, 0.05) is 13.5 Å². The van der Waals surface area contributed by atoms with Gasteiger partial charge in [-0.15, -0.1) is 0 Å². The van der Waals surface area contributed by atoms with E-state index in [1.165, 1.54) is 26.2 Å². The van der Waals surface area contributed by atoms with Gasteiger partial charge in [0.15, 0.2) is 16.6 Å². The monoisotopic (exact) mass is 268 g/mol. The highest BCUT2D eigenvalue weighted by Gasteiger charge is 2.32. The van der Waals surface area contributed by atoms with Crippen LogP contribution in [-0.4, -0.2) is 28.4 Å². The zero-order chi connectivity index (χ0) is 13.3. The Morgan fingerprint density at radius 3 is 2.56 bits per heavy atom. The predicted octanol–water partition coefficient (Wildman–Crippen LogP) is 2.65. The van der Waals surface area contributed by atoms with Crippen molar-refractivity contribution in [3.63, 3.8) is 0 Å². The number of aromatic nitrogens is 1. The van der Waals surface area contributed by atoms with Gasteiger partial charge in [0.25, 0.3) is 0 Å². The SMILES string of the molecule is CC(=O)c1sc(NCC2(C)CCC2)nc1C(=O)O. The number of thiazole rings is 1. The number of carboxylic acid groups (broad SMARTS) is 1. The number of Topliss-reactive ketones (excluding diaryl/α,β-unsaturated/α-hetero) is 1. The summed E-state index contributed by atoms with van der Waals surface area (Å²) >= 11 is 1.12. The highest BCUT2D eigenvalue weighted by molar-refractivity contribution is 7.17. The molecule has 2 N–H and O–H groups in total. The maximum atomic E-state index is 11.3. The molecule has 5 nitrogen and oxygen atoms in total. The summed E-state index contributed by atoms with van der Waals surface area (Å²) in [5.74, 6) is -1.41. The van der Waals surface area contributed by atoms with Crippen LogP contribution in [0, 0.1) is 5.41 Å². The van der Waals surface area contributed by atoms with Crippen LogP contribution in [0.15, 0.2) is 0 Å². The van der Waals surface area contributed by atoms with Crippen LogP contribution in [0.4, 0.5) is 5.13 Å². The van der Waals surface area contributed by atoms with Crippen LogP contribution in [-0.2, 0) is 0 Å². The Bertz CT molecular complexity index is 460. The molecule has 1 aliphatic rings. The van der Waals surface area contributed by atoms with Crippen LogP contribution in [0.5, 0.6) is 0 Å². The quantitative estimate of drug-likeness (QED) is 0.802. The van der Waals surface area contributed by atoms with Gasteiger partial charge in [0.05, 0.1) is 0 Å². The van der Waals surface area contributed by atoms with Crippen LogP contribution in [0.1, 0.15) is 53.3 Å². The van der Waals surface area contributed by atoms with Crippen LogP contribution >= 0.6 is 11.3 Å². The zero-order valence-electron chi connectivity index (χ0n) is 10.4. The Morgan fingerprint density at radius 1 is 1.50 bits per heavy atom. The van der Waals surface area contributed by atoms with E-state index in [0.29, 0.717) is 5.13 Å². The average Bonchev–Trinajstić information content (AvgIpc) is 2.68. The molecule has 0 radical (unpaired) electrons. The van der Waals surface area contributed by atoms with Crippen LogP contribution in [0.2, 0.25) is 0 Å². The summed E-state index contributed by atoms with van der Waals surface area (Å²) in [7, 11) is 0. The molecule has 2 rings (SSSR count). The molecule has 0 atom stereocenters. The van der Waals surface area contributed by atoms with Crippen molar-refractivity contribution in [2.75, 3.05) is 11.9 Å². The number of aromatic carboxylic acids is 1. The van der Waals surface area contributed by atoms with Crippen molar-refractivity contribution >= 4 is 28.2 Å². The number of nitrogens with one attached hydrogen (secondary N) is 1. The molecular weight excluding hydrogens is 252 g/mol. The fraction of sp³-hybridized carbons (Fsp3) is 0.583. The zero-order valence-corrected chi connectivity index (χ0v) is 11.3. The van der Waals surface area contributed by atoms with Crippen molar-refractivity contribution in [3.8, 4) is 0 Å². The highest BCUT2D eigenvalue weighted by atomic mass is 32.1. The number of nitrogens with zero attached hydrogens (tertiary/aromatic N) is 1. The Balaban J connectivity index is 2.11. The van der Waals surface area contributed by atoms with E-state index >= 15 is 0 Å². The second-order valence-electron chi connectivity index (χ2n) is 5.08. The molecule has 0 amide bonds. The average molecular weight is 268 g/mol. The van der Waals surface area contributed by atoms with Crippen molar-refractivity contribution in [1.82, 2.24) is 4.98 Å². The first-order valence-electron chi connectivity index (χ1n) is 5.90. The van der Waals surface area contributed by atoms with Crippen molar-refractivity contribution in [2.45, 2.75) is 33.1 Å². The first kappa shape index (κ1) is 13.0. The van der Waals surface area contributed by atoms with Crippen LogP contribution in [0.3, 0.4) is 0 Å². The van der Waals surface area contributed by atoms with E-state index in [4.69, 9.17) is 5.11 Å². The minimum Gasteiger partial charge on any atom is -0.476 e. The van der Waals surface area contributed by atoms with Gasteiger partial charge in [-0.1, -0.05) is 24.7 Å². The number of carboxylic acids is 1. The number of carbonyl (C=O) groups excluding carboxylic acids is 1. The van der Waals surface area contributed by atoms with Crippen molar-refractivity contribution in [2.24, 2.45) is 5.41 Å². The van der Waals surface area contributed by atoms with Gasteiger partial charge < -0.3 is 10.4 Å². The molecule has 0 spiro atoms. The second-order valence-corrected chi connectivity index (χ2v) is 6.07. The van der Waals surface area contributed by atoms with E-state index in [2.05, 4.69) is 17.2 Å². The largest absolute Gasteiger partial charge is 0.476 e. The maximum Gasteiger partial charge on any atom is 0.356 e. The molecule has 1 aliphatic carbocycles. The van der Waals surface area contributed by atoms with E-state index in [9.17, 15) is 9.59 Å². The van der Waals surface area contributed by atoms with Gasteiger partial charge in [-0.2, -0.15) is 0 Å². The van der Waals surface area contributed by atoms with Crippen molar-refractivity contribution in [3.05, 3.63) is 10.6 Å². The Hall–Kier alpha value is -1.43. The lowest BCUT2D eigenvalue weighted by Gasteiger charge is -2.38. The lowest BCUT2D eigenvalue weighted by molar-refractivity contribution is 0.0687. The maximum absolute atomic E-state index is 11.3. The van der Waals surface area contributed by atoms with E-state index in [0.717, 1.165) is 17.9 Å². The Kier molecular flexibility index (Phi) is 3.38. The third-order valence-corrected chi connectivity index (χ3v) is 4.49. The smallest absolute Gasteiger partial charge is 0.356 e. The van der Waals surface area contributed by atoms with Gasteiger partial charge in [0.1, 0.15) is 4.88 Å². The van der Waals surface area contributed by atoms with Crippen molar-refractivity contribution < 1.29 is 14.7 Å². The molecule has 1 aromatic heterocycles. The second kappa shape index (κ2) is 4.68. The van der Waals surface area contributed by atoms with Crippen LogP contribution < -0.4 is 5.32 Å². The van der Waals surface area contributed by atoms with Crippen LogP contribution in [0.25, 0.3) is 0 Å². The number of anilines is 1. The first-order chi connectivity index (χ1) is 8.41. The number of carbonyl (C=O) groups is 2. The molecule has 1 saturated carbocycles. The summed E-state index contributed by atoms with van der Waals surface area (Å²) < 4.78 is 0. The molecule has 0 aliphatic heterocycles. The molecule has 6 heteroatoms. The number of rotatable bonds is 5. The Labute approximate surface area is 109 Å². The molecule has 0 aromatic carbocycles. The fourth-order valence-electron chi connectivity index (χ4n) is 2.03. The molecule has 1 aromatic rings. The number of ketones is 1. The fourth-order valence-corrected chi connectivity index (χ4v) is 2.87. The lowest BCUT2D eigenvalue weighted by Crippen LogP contribution is -2.33. The molecule has 1 heterocycles. The first-order valence-corrected chi connectivity index (χ1v) is 6.72. The molecule has 0 bridgehead atoms.